The Kier molecular flexibility index (Phi) is 6.00. The van der Waals surface area contributed by atoms with Gasteiger partial charge >= 0.3 is 5.97 Å². The lowest BCUT2D eigenvalue weighted by Gasteiger charge is -2.60. The maximum absolute atomic E-state index is 11.6. The van der Waals surface area contributed by atoms with Crippen LogP contribution in [0.15, 0.2) is 0 Å². The highest BCUT2D eigenvalue weighted by molar-refractivity contribution is 5.66. The van der Waals surface area contributed by atoms with Crippen LogP contribution in [0.25, 0.3) is 0 Å². The first-order valence-corrected chi connectivity index (χ1v) is 14.1. The number of fused-ring (bicyclic) bond motifs is 4. The van der Waals surface area contributed by atoms with Crippen LogP contribution in [0.4, 0.5) is 0 Å². The molecule has 1 spiro atoms. The minimum absolute atomic E-state index is 0.00105. The standard InChI is InChI=1S/C29H48O4/c1-17(2)8-7-9-18(3)21-10-11-22-20-16-25-29(33-25)26(31)24(32-19(4)30)13-15-28(29,6)23(20)12-14-27(21,22)5/h17-18,20-26,31H,7-16H2,1-6H3/t18-,20+,21-,22+,23+,24+,25?,26+,27-,28-,29?/m1/s1. The van der Waals surface area contributed by atoms with Crippen LogP contribution in [0.3, 0.4) is 0 Å². The molecule has 0 radical (unpaired) electrons. The van der Waals surface area contributed by atoms with E-state index in [2.05, 4.69) is 34.6 Å². The highest BCUT2D eigenvalue weighted by Crippen LogP contribution is 2.74. The Morgan fingerprint density at radius 3 is 2.52 bits per heavy atom. The van der Waals surface area contributed by atoms with Gasteiger partial charge in [-0.2, -0.15) is 0 Å². The van der Waals surface area contributed by atoms with Crippen molar-refractivity contribution in [1.29, 1.82) is 0 Å². The molecule has 4 aliphatic carbocycles. The number of carbonyl (C=O) groups excluding carboxylic acids is 1. The molecule has 0 aromatic rings. The molecular formula is C29H48O4. The number of hydrogen-bond acceptors (Lipinski definition) is 4. The Morgan fingerprint density at radius 1 is 1.06 bits per heavy atom. The predicted molar refractivity (Wildman–Crippen MR) is 130 cm³/mol. The normalized spacial score (nSPS) is 51.2. The van der Waals surface area contributed by atoms with Crippen molar-refractivity contribution in [3.05, 3.63) is 0 Å². The molecule has 5 fully saturated rings. The van der Waals surface area contributed by atoms with E-state index in [0.717, 1.165) is 48.9 Å². The fraction of sp³-hybridized carbons (Fsp3) is 0.966. The van der Waals surface area contributed by atoms with Crippen LogP contribution < -0.4 is 0 Å². The molecule has 0 bridgehead atoms. The van der Waals surface area contributed by atoms with Crippen LogP contribution in [-0.2, 0) is 14.3 Å². The minimum atomic E-state index is -0.684. The summed E-state index contributed by atoms with van der Waals surface area (Å²) in [5.41, 5.74) is -0.0153. The Morgan fingerprint density at radius 2 is 1.82 bits per heavy atom. The van der Waals surface area contributed by atoms with Crippen molar-refractivity contribution in [2.75, 3.05) is 0 Å². The first-order chi connectivity index (χ1) is 15.5. The SMILES string of the molecule is CC(=O)O[C@H]1CC[C@]2(C)[C@H]3CC[C@]4(C)[C@@H]([C@H](C)CCCC(C)C)CC[C@H]4[C@@H]3CC3OC32[C@H]1O. The van der Waals surface area contributed by atoms with Crippen LogP contribution >= 0.6 is 0 Å². The summed E-state index contributed by atoms with van der Waals surface area (Å²) < 4.78 is 12.0. The smallest absolute Gasteiger partial charge is 0.302 e. The van der Waals surface area contributed by atoms with Crippen molar-refractivity contribution in [3.63, 3.8) is 0 Å². The van der Waals surface area contributed by atoms with E-state index < -0.39 is 17.8 Å². The van der Waals surface area contributed by atoms with Gasteiger partial charge in [0, 0.05) is 12.3 Å². The van der Waals surface area contributed by atoms with Crippen molar-refractivity contribution in [1.82, 2.24) is 0 Å². The molecule has 4 nitrogen and oxygen atoms in total. The number of esters is 1. The van der Waals surface area contributed by atoms with Gasteiger partial charge in [-0.3, -0.25) is 4.79 Å². The van der Waals surface area contributed by atoms with Crippen molar-refractivity contribution >= 4 is 5.97 Å². The number of aliphatic hydroxyl groups is 1. The van der Waals surface area contributed by atoms with Crippen molar-refractivity contribution in [2.24, 2.45) is 46.3 Å². The van der Waals surface area contributed by atoms with E-state index in [1.165, 1.54) is 51.9 Å². The molecule has 0 aromatic heterocycles. The van der Waals surface area contributed by atoms with E-state index in [1.807, 2.05) is 0 Å². The lowest BCUT2D eigenvalue weighted by molar-refractivity contribution is -0.187. The monoisotopic (exact) mass is 460 g/mol. The van der Waals surface area contributed by atoms with Gasteiger partial charge in [0.2, 0.25) is 0 Å². The maximum atomic E-state index is 11.6. The molecule has 33 heavy (non-hydrogen) atoms. The average Bonchev–Trinajstić information content (AvgIpc) is 3.36. The molecule has 5 aliphatic rings. The van der Waals surface area contributed by atoms with E-state index in [9.17, 15) is 9.90 Å². The minimum Gasteiger partial charge on any atom is -0.460 e. The zero-order valence-electron chi connectivity index (χ0n) is 21.9. The molecule has 1 heterocycles. The van der Waals surface area contributed by atoms with Crippen LogP contribution in [-0.4, -0.2) is 35.0 Å². The Bertz CT molecular complexity index is 765. The lowest BCUT2D eigenvalue weighted by Crippen LogP contribution is -2.64. The number of carbonyl (C=O) groups is 1. The van der Waals surface area contributed by atoms with Gasteiger partial charge in [0.1, 0.15) is 17.8 Å². The van der Waals surface area contributed by atoms with E-state index in [0.29, 0.717) is 11.3 Å². The Balaban J connectivity index is 1.33. The van der Waals surface area contributed by atoms with Crippen molar-refractivity contribution in [3.8, 4) is 0 Å². The number of aliphatic hydroxyl groups excluding tert-OH is 1. The molecule has 2 unspecified atom stereocenters. The number of epoxide rings is 1. The zero-order valence-corrected chi connectivity index (χ0v) is 21.9. The molecule has 1 N–H and O–H groups in total. The third-order valence-electron chi connectivity index (χ3n) is 11.7. The van der Waals surface area contributed by atoms with Gasteiger partial charge in [-0.05, 0) is 85.9 Å². The summed E-state index contributed by atoms with van der Waals surface area (Å²) in [5.74, 6) is 4.35. The third-order valence-corrected chi connectivity index (χ3v) is 11.7. The van der Waals surface area contributed by atoms with Crippen LogP contribution in [0.5, 0.6) is 0 Å². The molecule has 1 saturated heterocycles. The highest BCUT2D eigenvalue weighted by Gasteiger charge is 2.79. The molecule has 1 aliphatic heterocycles. The van der Waals surface area contributed by atoms with Crippen molar-refractivity contribution in [2.45, 2.75) is 130 Å². The fourth-order valence-electron chi connectivity index (χ4n) is 10.1. The highest BCUT2D eigenvalue weighted by atomic mass is 16.6. The van der Waals surface area contributed by atoms with E-state index in [-0.39, 0.29) is 17.5 Å². The summed E-state index contributed by atoms with van der Waals surface area (Å²) in [6.07, 6.45) is 11.4. The van der Waals surface area contributed by atoms with Crippen LogP contribution in [0, 0.1) is 46.3 Å². The predicted octanol–water partition coefficient (Wildman–Crippen LogP) is 6.14. The van der Waals surface area contributed by atoms with E-state index in [1.54, 1.807) is 0 Å². The summed E-state index contributed by atoms with van der Waals surface area (Å²) in [6, 6.07) is 0. The molecule has 188 valence electrons. The van der Waals surface area contributed by atoms with E-state index in [4.69, 9.17) is 9.47 Å². The van der Waals surface area contributed by atoms with Gasteiger partial charge in [-0.1, -0.05) is 53.9 Å². The molecule has 4 saturated carbocycles. The summed E-state index contributed by atoms with van der Waals surface area (Å²) >= 11 is 0. The van der Waals surface area contributed by atoms with Crippen LogP contribution in [0.2, 0.25) is 0 Å². The van der Waals surface area contributed by atoms with Gasteiger partial charge in [0.05, 0.1) is 6.10 Å². The van der Waals surface area contributed by atoms with Gasteiger partial charge in [0.15, 0.2) is 0 Å². The number of ether oxygens (including phenoxy) is 2. The second-order valence-corrected chi connectivity index (χ2v) is 13.6. The summed E-state index contributed by atoms with van der Waals surface area (Å²) in [5, 5.41) is 11.3. The van der Waals surface area contributed by atoms with Crippen molar-refractivity contribution < 1.29 is 19.4 Å². The van der Waals surface area contributed by atoms with Gasteiger partial charge in [-0.25, -0.2) is 0 Å². The van der Waals surface area contributed by atoms with Gasteiger partial charge < -0.3 is 14.6 Å². The largest absolute Gasteiger partial charge is 0.460 e. The van der Waals surface area contributed by atoms with Gasteiger partial charge in [0.25, 0.3) is 0 Å². The first kappa shape index (κ1) is 24.1. The molecule has 5 rings (SSSR count). The first-order valence-electron chi connectivity index (χ1n) is 14.1. The molecule has 11 atom stereocenters. The number of rotatable bonds is 6. The third kappa shape index (κ3) is 3.47. The topological polar surface area (TPSA) is 59.1 Å². The number of hydrogen-bond donors (Lipinski definition) is 1. The second kappa shape index (κ2) is 8.22. The van der Waals surface area contributed by atoms with Gasteiger partial charge in [-0.15, -0.1) is 0 Å². The quantitative estimate of drug-likeness (QED) is 0.382. The zero-order chi connectivity index (χ0) is 23.8. The average molecular weight is 461 g/mol. The Labute approximate surface area is 201 Å². The maximum Gasteiger partial charge on any atom is 0.302 e. The summed E-state index contributed by atoms with van der Waals surface area (Å²) in [6.45, 7) is 13.7. The molecular weight excluding hydrogens is 412 g/mol. The molecule has 0 amide bonds. The van der Waals surface area contributed by atoms with E-state index >= 15 is 0 Å². The molecule has 0 aromatic carbocycles. The second-order valence-electron chi connectivity index (χ2n) is 13.6. The fourth-order valence-corrected chi connectivity index (χ4v) is 10.1. The summed E-state index contributed by atoms with van der Waals surface area (Å²) in [7, 11) is 0. The Hall–Kier alpha value is -0.610. The van der Waals surface area contributed by atoms with Crippen LogP contribution in [0.1, 0.15) is 106 Å². The molecule has 4 heteroatoms. The summed E-state index contributed by atoms with van der Waals surface area (Å²) in [4.78, 5) is 11.6. The lowest BCUT2D eigenvalue weighted by atomic mass is 9.43.